The topological polar surface area (TPSA) is 43.4 Å². The fraction of sp³-hybridized carbons (Fsp3) is 0.600. The highest BCUT2D eigenvalue weighted by atomic mass is 16.5. The summed E-state index contributed by atoms with van der Waals surface area (Å²) in [5.41, 5.74) is 2.78. The van der Waals surface area contributed by atoms with Gasteiger partial charge in [0, 0.05) is 12.5 Å². The van der Waals surface area contributed by atoms with E-state index in [1.165, 1.54) is 6.08 Å². The lowest BCUT2D eigenvalue weighted by Gasteiger charge is -2.41. The van der Waals surface area contributed by atoms with Gasteiger partial charge in [-0.3, -0.25) is 4.79 Å². The Balaban J connectivity index is 2.28. The third-order valence-electron chi connectivity index (χ3n) is 5.19. The summed E-state index contributed by atoms with van der Waals surface area (Å²) in [5, 5.41) is 0. The van der Waals surface area contributed by atoms with E-state index in [9.17, 15) is 9.59 Å². The Hall–Kier alpha value is -1.64. The highest BCUT2D eigenvalue weighted by molar-refractivity contribution is 5.99. The number of hydrogen-bond donors (Lipinski definition) is 0. The standard InChI is InChI=1S/C20H28O3/c1-7-14-17(21)9-16-13(6)18(23-19(22)8-11(2)3)10-15(12(4)5)20(14)16/h7-8,12,15-16,18,20H,6,9-10H2,1-5H3/b14-7+. The molecule has 0 N–H and O–H groups in total. The number of Topliss-reactive ketones (excluding diaryl/α,β-unsaturated/α-hetero) is 1. The van der Waals surface area contributed by atoms with Crippen LogP contribution in [0, 0.1) is 23.7 Å². The zero-order valence-electron chi connectivity index (χ0n) is 14.9. The third kappa shape index (κ3) is 3.49. The van der Waals surface area contributed by atoms with E-state index in [0.29, 0.717) is 18.3 Å². The average molecular weight is 316 g/mol. The molecule has 126 valence electrons. The number of carbonyl (C=O) groups is 2. The molecule has 3 heteroatoms. The van der Waals surface area contributed by atoms with Crippen molar-refractivity contribution in [3.8, 4) is 0 Å². The zero-order valence-corrected chi connectivity index (χ0v) is 14.9. The first-order valence-corrected chi connectivity index (χ1v) is 8.49. The zero-order chi connectivity index (χ0) is 17.3. The maximum atomic E-state index is 12.3. The van der Waals surface area contributed by atoms with Crippen LogP contribution in [0.1, 0.15) is 47.5 Å². The Morgan fingerprint density at radius 2 is 2.00 bits per heavy atom. The van der Waals surface area contributed by atoms with Crippen molar-refractivity contribution in [1.82, 2.24) is 0 Å². The van der Waals surface area contributed by atoms with Gasteiger partial charge < -0.3 is 4.74 Å². The van der Waals surface area contributed by atoms with E-state index in [4.69, 9.17) is 4.74 Å². The van der Waals surface area contributed by atoms with E-state index in [1.54, 1.807) is 0 Å². The maximum absolute atomic E-state index is 12.3. The fourth-order valence-electron chi connectivity index (χ4n) is 4.10. The second-order valence-electron chi connectivity index (χ2n) is 7.37. The number of ketones is 1. The van der Waals surface area contributed by atoms with Crippen LogP contribution in [-0.2, 0) is 14.3 Å². The first-order valence-electron chi connectivity index (χ1n) is 8.49. The summed E-state index contributed by atoms with van der Waals surface area (Å²) in [5.74, 6) is 1.03. The molecule has 4 atom stereocenters. The number of ether oxygens (including phenoxy) is 1. The van der Waals surface area contributed by atoms with E-state index < -0.39 is 0 Å². The van der Waals surface area contributed by atoms with Gasteiger partial charge in [0.15, 0.2) is 5.78 Å². The average Bonchev–Trinajstić information content (AvgIpc) is 2.77. The van der Waals surface area contributed by atoms with Crippen molar-refractivity contribution in [3.05, 3.63) is 35.5 Å². The third-order valence-corrected chi connectivity index (χ3v) is 5.19. The summed E-state index contributed by atoms with van der Waals surface area (Å²) in [6.07, 6.45) is 4.45. The molecule has 0 bridgehead atoms. The smallest absolute Gasteiger partial charge is 0.331 e. The minimum atomic E-state index is -0.312. The summed E-state index contributed by atoms with van der Waals surface area (Å²) in [6, 6.07) is 0. The lowest BCUT2D eigenvalue weighted by molar-refractivity contribution is -0.143. The van der Waals surface area contributed by atoms with Crippen LogP contribution in [0.4, 0.5) is 0 Å². The van der Waals surface area contributed by atoms with Gasteiger partial charge in [-0.15, -0.1) is 0 Å². The van der Waals surface area contributed by atoms with Crippen LogP contribution in [0.25, 0.3) is 0 Å². The van der Waals surface area contributed by atoms with Crippen molar-refractivity contribution in [2.75, 3.05) is 0 Å². The van der Waals surface area contributed by atoms with Gasteiger partial charge in [0.25, 0.3) is 0 Å². The Morgan fingerprint density at radius 3 is 2.52 bits per heavy atom. The fourth-order valence-corrected chi connectivity index (χ4v) is 4.10. The molecule has 3 nitrogen and oxygen atoms in total. The van der Waals surface area contributed by atoms with Gasteiger partial charge in [0.1, 0.15) is 6.10 Å². The second-order valence-corrected chi connectivity index (χ2v) is 7.37. The molecule has 0 amide bonds. The summed E-state index contributed by atoms with van der Waals surface area (Å²) < 4.78 is 5.66. The summed E-state index contributed by atoms with van der Waals surface area (Å²) in [4.78, 5) is 24.3. The van der Waals surface area contributed by atoms with E-state index in [2.05, 4.69) is 20.4 Å². The Morgan fingerprint density at radius 1 is 1.35 bits per heavy atom. The van der Waals surface area contributed by atoms with Crippen molar-refractivity contribution in [2.45, 2.75) is 53.6 Å². The van der Waals surface area contributed by atoms with Crippen molar-refractivity contribution in [1.29, 1.82) is 0 Å². The molecule has 0 spiro atoms. The minimum Gasteiger partial charge on any atom is -0.455 e. The first kappa shape index (κ1) is 17.7. The van der Waals surface area contributed by atoms with Gasteiger partial charge in [-0.05, 0) is 62.0 Å². The molecule has 0 aliphatic heterocycles. The molecule has 4 unspecified atom stereocenters. The summed E-state index contributed by atoms with van der Waals surface area (Å²) >= 11 is 0. The molecule has 2 saturated carbocycles. The maximum Gasteiger partial charge on any atom is 0.331 e. The van der Waals surface area contributed by atoms with Crippen LogP contribution >= 0.6 is 0 Å². The van der Waals surface area contributed by atoms with Crippen LogP contribution in [0.15, 0.2) is 35.5 Å². The normalized spacial score (nSPS) is 32.2. The molecule has 0 aromatic heterocycles. The molecule has 0 aromatic carbocycles. The Bertz CT molecular complexity index is 576. The quantitative estimate of drug-likeness (QED) is 0.444. The number of esters is 1. The van der Waals surface area contributed by atoms with Crippen LogP contribution < -0.4 is 0 Å². The predicted octanol–water partition coefficient (Wildman–Crippen LogP) is 4.25. The van der Waals surface area contributed by atoms with E-state index in [0.717, 1.165) is 23.1 Å². The molecule has 0 radical (unpaired) electrons. The number of carbonyl (C=O) groups excluding carboxylic acids is 2. The van der Waals surface area contributed by atoms with Gasteiger partial charge in [-0.2, -0.15) is 0 Å². The molecule has 2 rings (SSSR count). The lowest BCUT2D eigenvalue weighted by Crippen LogP contribution is -2.39. The van der Waals surface area contributed by atoms with Crippen LogP contribution in [0.3, 0.4) is 0 Å². The monoisotopic (exact) mass is 316 g/mol. The van der Waals surface area contributed by atoms with E-state index in [-0.39, 0.29) is 29.7 Å². The Kier molecular flexibility index (Phi) is 5.28. The number of rotatable bonds is 3. The molecule has 0 saturated heterocycles. The molecule has 2 fully saturated rings. The van der Waals surface area contributed by atoms with E-state index in [1.807, 2.05) is 26.8 Å². The summed E-state index contributed by atoms with van der Waals surface area (Å²) in [6.45, 7) is 14.2. The van der Waals surface area contributed by atoms with Crippen LogP contribution in [-0.4, -0.2) is 17.9 Å². The minimum absolute atomic E-state index is 0.111. The van der Waals surface area contributed by atoms with Crippen molar-refractivity contribution < 1.29 is 14.3 Å². The van der Waals surface area contributed by atoms with Gasteiger partial charge in [-0.25, -0.2) is 4.79 Å². The number of allylic oxidation sites excluding steroid dienone is 3. The molecule has 0 heterocycles. The Labute approximate surface area is 139 Å². The van der Waals surface area contributed by atoms with E-state index >= 15 is 0 Å². The first-order chi connectivity index (χ1) is 10.8. The van der Waals surface area contributed by atoms with Crippen LogP contribution in [0.2, 0.25) is 0 Å². The molecular weight excluding hydrogens is 288 g/mol. The lowest BCUT2D eigenvalue weighted by atomic mass is 9.65. The SMILES string of the molecule is C=C1C(OC(=O)C=C(C)C)CC(C(C)C)C2/C(=C/C)C(=O)CC12. The molecular formula is C20H28O3. The van der Waals surface area contributed by atoms with Crippen molar-refractivity contribution >= 4 is 11.8 Å². The largest absolute Gasteiger partial charge is 0.455 e. The summed E-state index contributed by atoms with van der Waals surface area (Å²) in [7, 11) is 0. The van der Waals surface area contributed by atoms with Gasteiger partial charge in [0.05, 0.1) is 0 Å². The van der Waals surface area contributed by atoms with Crippen molar-refractivity contribution in [3.63, 3.8) is 0 Å². The van der Waals surface area contributed by atoms with Crippen LogP contribution in [0.5, 0.6) is 0 Å². The highest BCUT2D eigenvalue weighted by Gasteiger charge is 2.49. The second kappa shape index (κ2) is 6.86. The molecule has 2 aliphatic carbocycles. The van der Waals surface area contributed by atoms with Crippen molar-refractivity contribution in [2.24, 2.45) is 23.7 Å². The highest BCUT2D eigenvalue weighted by Crippen LogP contribution is 2.51. The van der Waals surface area contributed by atoms with Gasteiger partial charge >= 0.3 is 5.97 Å². The molecule has 23 heavy (non-hydrogen) atoms. The van der Waals surface area contributed by atoms with Gasteiger partial charge in [-0.1, -0.05) is 32.1 Å². The van der Waals surface area contributed by atoms with Gasteiger partial charge in [0.2, 0.25) is 0 Å². The molecule has 0 aromatic rings. The molecule has 2 aliphatic rings. The predicted molar refractivity (Wildman–Crippen MR) is 91.8 cm³/mol. The number of fused-ring (bicyclic) bond motifs is 1. The number of hydrogen-bond acceptors (Lipinski definition) is 3.